The average Bonchev–Trinajstić information content (AvgIpc) is 2.67. The van der Waals surface area contributed by atoms with Crippen molar-refractivity contribution in [2.75, 3.05) is 18.1 Å². The quantitative estimate of drug-likeness (QED) is 0.167. The molecule has 0 bridgehead atoms. The lowest BCUT2D eigenvalue weighted by molar-refractivity contribution is -0.141. The third kappa shape index (κ3) is 14.0. The summed E-state index contributed by atoms with van der Waals surface area (Å²) < 4.78 is 0. The van der Waals surface area contributed by atoms with Gasteiger partial charge in [0.25, 0.3) is 0 Å². The number of thioether (sulfide) groups is 1. The summed E-state index contributed by atoms with van der Waals surface area (Å²) >= 11 is 1.40. The molecule has 8 heteroatoms. The first-order valence-corrected chi connectivity index (χ1v) is 11.2. The fourth-order valence-corrected chi connectivity index (χ4v) is 3.47. The third-order valence-corrected chi connectivity index (χ3v) is 5.31. The van der Waals surface area contributed by atoms with Crippen LogP contribution >= 0.6 is 11.8 Å². The molecular weight excluding hydrogens is 404 g/mol. The summed E-state index contributed by atoms with van der Waals surface area (Å²) in [5, 5.41) is 22.8. The highest BCUT2D eigenvalue weighted by molar-refractivity contribution is 7.99. The van der Waals surface area contributed by atoms with Gasteiger partial charge in [-0.3, -0.25) is 9.59 Å². The largest absolute Gasteiger partial charge is 0.480 e. The van der Waals surface area contributed by atoms with Crippen LogP contribution in [0.2, 0.25) is 0 Å². The summed E-state index contributed by atoms with van der Waals surface area (Å²) in [6.45, 7) is 7.82. The van der Waals surface area contributed by atoms with Gasteiger partial charge in [-0.1, -0.05) is 34.9 Å². The van der Waals surface area contributed by atoms with Crippen LogP contribution < -0.4 is 10.6 Å². The van der Waals surface area contributed by atoms with Crippen molar-refractivity contribution in [3.63, 3.8) is 0 Å². The molecule has 0 saturated heterocycles. The van der Waals surface area contributed by atoms with Gasteiger partial charge >= 0.3 is 5.97 Å². The molecule has 0 radical (unpaired) electrons. The number of aliphatic carboxylic acids is 1. The lowest BCUT2D eigenvalue weighted by atomic mass is 10.1. The van der Waals surface area contributed by atoms with E-state index in [9.17, 15) is 19.5 Å². The normalized spacial score (nSPS) is 13.9. The molecule has 30 heavy (non-hydrogen) atoms. The first kappa shape index (κ1) is 27.9. The third-order valence-electron chi connectivity index (χ3n) is 4.34. The zero-order valence-corrected chi connectivity index (χ0v) is 19.3. The first-order chi connectivity index (χ1) is 14.2. The SMILES string of the molecule is CC(C)=CCC/C(C)=C/CC/C(C)=C/CSCC(NC(=O)C(CO)NC=O)C(=O)O. The minimum atomic E-state index is -1.16. The van der Waals surface area contributed by atoms with Crippen molar-refractivity contribution < 1.29 is 24.6 Å². The highest BCUT2D eigenvalue weighted by Gasteiger charge is 2.24. The van der Waals surface area contributed by atoms with Crippen LogP contribution in [-0.4, -0.2) is 58.7 Å². The Morgan fingerprint density at radius 1 is 0.967 bits per heavy atom. The van der Waals surface area contributed by atoms with Gasteiger partial charge in [-0.05, 0) is 53.4 Å². The van der Waals surface area contributed by atoms with Crippen LogP contribution in [0.15, 0.2) is 34.9 Å². The molecule has 170 valence electrons. The van der Waals surface area contributed by atoms with Gasteiger partial charge in [-0.15, -0.1) is 0 Å². The van der Waals surface area contributed by atoms with Gasteiger partial charge in [-0.2, -0.15) is 11.8 Å². The number of hydrogen-bond donors (Lipinski definition) is 4. The molecule has 0 aliphatic carbocycles. The Balaban J connectivity index is 4.34. The summed E-state index contributed by atoms with van der Waals surface area (Å²) in [4.78, 5) is 33.7. The number of carboxylic acid groups (broad SMARTS) is 1. The maximum absolute atomic E-state index is 11.9. The number of aliphatic hydroxyl groups is 1. The number of allylic oxidation sites excluding steroid dienone is 5. The monoisotopic (exact) mass is 440 g/mol. The van der Waals surface area contributed by atoms with Crippen molar-refractivity contribution in [3.8, 4) is 0 Å². The number of hydrogen-bond acceptors (Lipinski definition) is 5. The van der Waals surface area contributed by atoms with Crippen molar-refractivity contribution in [2.24, 2.45) is 0 Å². The zero-order valence-electron chi connectivity index (χ0n) is 18.4. The lowest BCUT2D eigenvalue weighted by Gasteiger charge is -2.18. The van der Waals surface area contributed by atoms with Crippen molar-refractivity contribution >= 4 is 30.0 Å². The topological polar surface area (TPSA) is 116 Å². The van der Waals surface area contributed by atoms with E-state index in [-0.39, 0.29) is 5.75 Å². The summed E-state index contributed by atoms with van der Waals surface area (Å²) in [5.74, 6) is -1.05. The van der Waals surface area contributed by atoms with Gasteiger partial charge in [0.2, 0.25) is 12.3 Å². The number of carbonyl (C=O) groups is 3. The van der Waals surface area contributed by atoms with Gasteiger partial charge in [-0.25, -0.2) is 4.79 Å². The van der Waals surface area contributed by atoms with Gasteiger partial charge < -0.3 is 20.8 Å². The second-order valence-electron chi connectivity index (χ2n) is 7.42. The number of carbonyl (C=O) groups excluding carboxylic acids is 2. The molecule has 2 unspecified atom stereocenters. The van der Waals surface area contributed by atoms with Gasteiger partial charge in [0.15, 0.2) is 0 Å². The molecule has 0 spiro atoms. The molecule has 4 N–H and O–H groups in total. The minimum absolute atomic E-state index is 0.188. The Kier molecular flexibility index (Phi) is 15.6. The summed E-state index contributed by atoms with van der Waals surface area (Å²) in [6, 6.07) is -2.25. The summed E-state index contributed by atoms with van der Waals surface area (Å²) in [7, 11) is 0. The number of aliphatic hydroxyl groups excluding tert-OH is 1. The van der Waals surface area contributed by atoms with E-state index >= 15 is 0 Å². The Morgan fingerprint density at radius 2 is 1.57 bits per heavy atom. The van der Waals surface area contributed by atoms with Crippen LogP contribution in [0.4, 0.5) is 0 Å². The molecule has 7 nitrogen and oxygen atoms in total. The molecule has 0 saturated carbocycles. The Morgan fingerprint density at radius 3 is 2.10 bits per heavy atom. The first-order valence-electron chi connectivity index (χ1n) is 10.1. The second kappa shape index (κ2) is 16.7. The number of nitrogens with one attached hydrogen (secondary N) is 2. The molecule has 0 fully saturated rings. The van der Waals surface area contributed by atoms with Crippen molar-refractivity contribution in [1.29, 1.82) is 0 Å². The number of carboxylic acids is 1. The number of rotatable bonds is 16. The maximum Gasteiger partial charge on any atom is 0.327 e. The summed E-state index contributed by atoms with van der Waals surface area (Å²) in [6.07, 6.45) is 11.0. The predicted molar refractivity (Wildman–Crippen MR) is 122 cm³/mol. The predicted octanol–water partition coefficient (Wildman–Crippen LogP) is 2.82. The van der Waals surface area contributed by atoms with E-state index in [1.807, 2.05) is 0 Å². The smallest absolute Gasteiger partial charge is 0.327 e. The van der Waals surface area contributed by atoms with Crippen LogP contribution in [0.1, 0.15) is 53.4 Å². The highest BCUT2D eigenvalue weighted by Crippen LogP contribution is 2.13. The van der Waals surface area contributed by atoms with Crippen molar-refractivity contribution in [3.05, 3.63) is 34.9 Å². The van der Waals surface area contributed by atoms with Crippen LogP contribution in [0.3, 0.4) is 0 Å². The van der Waals surface area contributed by atoms with E-state index in [0.29, 0.717) is 12.2 Å². The van der Waals surface area contributed by atoms with Gasteiger partial charge in [0, 0.05) is 11.5 Å². The Labute approximate surface area is 184 Å². The van der Waals surface area contributed by atoms with Crippen LogP contribution in [0.5, 0.6) is 0 Å². The molecule has 0 rings (SSSR count). The zero-order chi connectivity index (χ0) is 22.9. The fourth-order valence-electron chi connectivity index (χ4n) is 2.47. The van der Waals surface area contributed by atoms with Crippen molar-refractivity contribution in [2.45, 2.75) is 65.5 Å². The van der Waals surface area contributed by atoms with Crippen molar-refractivity contribution in [1.82, 2.24) is 10.6 Å². The average molecular weight is 441 g/mol. The fraction of sp³-hybridized carbons (Fsp3) is 0.591. The van der Waals surface area contributed by atoms with Crippen LogP contribution in [0.25, 0.3) is 0 Å². The molecule has 0 aromatic carbocycles. The van der Waals surface area contributed by atoms with Gasteiger partial charge in [0.1, 0.15) is 12.1 Å². The molecule has 2 amide bonds. The molecular formula is C22H36N2O5S. The summed E-state index contributed by atoms with van der Waals surface area (Å²) in [5.41, 5.74) is 3.97. The Hall–Kier alpha value is -2.06. The van der Waals surface area contributed by atoms with Gasteiger partial charge in [0.05, 0.1) is 6.61 Å². The lowest BCUT2D eigenvalue weighted by Crippen LogP contribution is -2.52. The molecule has 2 atom stereocenters. The van der Waals surface area contributed by atoms with E-state index in [0.717, 1.165) is 25.7 Å². The second-order valence-corrected chi connectivity index (χ2v) is 8.49. The minimum Gasteiger partial charge on any atom is -0.480 e. The van der Waals surface area contributed by atoms with E-state index in [1.165, 1.54) is 28.5 Å². The molecule has 0 heterocycles. The Bertz CT molecular complexity index is 639. The molecule has 0 aromatic heterocycles. The molecule has 0 aromatic rings. The maximum atomic E-state index is 11.9. The van der Waals surface area contributed by atoms with Crippen LogP contribution in [-0.2, 0) is 14.4 Å². The molecule has 0 aliphatic heterocycles. The van der Waals surface area contributed by atoms with E-state index < -0.39 is 30.6 Å². The van der Waals surface area contributed by atoms with Crippen LogP contribution in [0, 0.1) is 0 Å². The van der Waals surface area contributed by atoms with E-state index in [4.69, 9.17) is 5.11 Å². The van der Waals surface area contributed by atoms with E-state index in [1.54, 1.807) is 0 Å². The highest BCUT2D eigenvalue weighted by atomic mass is 32.2. The molecule has 0 aliphatic rings. The van der Waals surface area contributed by atoms with E-state index in [2.05, 4.69) is 56.6 Å². The number of amides is 2. The standard InChI is InChI=1S/C22H36N2O5S/c1-16(2)7-5-8-17(3)9-6-10-18(4)11-12-30-14-20(22(28)29)24-21(27)19(13-25)23-15-26/h7,9,11,15,19-20,25H,5-6,8,10,12-14H2,1-4H3,(H,23,26)(H,24,27)(H,28,29)/b17-9+,18-11+.